The minimum absolute atomic E-state index is 0.0332. The van der Waals surface area contributed by atoms with E-state index < -0.39 is 24.3 Å². The number of carboxylic acid groups (broad SMARTS) is 2. The number of aliphatic carboxylic acids is 2. The van der Waals surface area contributed by atoms with Crippen LogP contribution in [0, 0.1) is 5.92 Å². The molecule has 16 heteroatoms. The van der Waals surface area contributed by atoms with Crippen molar-refractivity contribution in [2.75, 3.05) is 33.1 Å². The maximum absolute atomic E-state index is 10.6. The van der Waals surface area contributed by atoms with Crippen molar-refractivity contribution in [3.05, 3.63) is 53.9 Å². The van der Waals surface area contributed by atoms with Gasteiger partial charge in [-0.15, -0.1) is 0 Å². The zero-order chi connectivity index (χ0) is 30.3. The van der Waals surface area contributed by atoms with Gasteiger partial charge >= 0.3 is 24.3 Å². The topological polar surface area (TPSA) is 128 Å². The van der Waals surface area contributed by atoms with Gasteiger partial charge in [0.15, 0.2) is 11.5 Å². The first-order chi connectivity index (χ1) is 19.2. The molecule has 1 aromatic carbocycles. The van der Waals surface area contributed by atoms with Crippen LogP contribution in [0.1, 0.15) is 17.5 Å². The average molecular weight is 596 g/mol. The Balaban J connectivity index is 0.000000276. The molecule has 5 rings (SSSR count). The molecule has 0 saturated carbocycles. The fourth-order valence-corrected chi connectivity index (χ4v) is 4.29. The molecule has 1 spiro atoms. The van der Waals surface area contributed by atoms with Crippen LogP contribution in [-0.4, -0.2) is 83.1 Å². The van der Waals surface area contributed by atoms with Crippen LogP contribution in [0.15, 0.2) is 42.7 Å². The first-order valence-electron chi connectivity index (χ1n) is 12.0. The molecule has 1 unspecified atom stereocenters. The Kier molecular flexibility index (Phi) is 10.4. The van der Waals surface area contributed by atoms with Gasteiger partial charge in [0.2, 0.25) is 6.79 Å². The number of hydrogen-bond acceptors (Lipinski definition) is 8. The van der Waals surface area contributed by atoms with Crippen LogP contribution in [0.5, 0.6) is 11.5 Å². The van der Waals surface area contributed by atoms with Gasteiger partial charge < -0.3 is 29.2 Å². The molecule has 0 bridgehead atoms. The molecule has 0 aliphatic carbocycles. The third-order valence-corrected chi connectivity index (χ3v) is 6.25. The number of carboxylic acids is 2. The van der Waals surface area contributed by atoms with Crippen molar-refractivity contribution in [2.24, 2.45) is 5.92 Å². The summed E-state index contributed by atoms with van der Waals surface area (Å²) >= 11 is 0. The molecule has 1 atom stereocenters. The van der Waals surface area contributed by atoms with E-state index in [9.17, 15) is 26.3 Å². The molecule has 0 radical (unpaired) electrons. The van der Waals surface area contributed by atoms with E-state index in [1.54, 1.807) is 12.4 Å². The second-order valence-electron chi connectivity index (χ2n) is 9.21. The maximum Gasteiger partial charge on any atom is 0.490 e. The summed E-state index contributed by atoms with van der Waals surface area (Å²) in [5.41, 5.74) is 2.38. The normalized spacial score (nSPS) is 18.9. The minimum Gasteiger partial charge on any atom is -0.475 e. The van der Waals surface area contributed by atoms with Crippen LogP contribution in [0.25, 0.3) is 0 Å². The SMILES string of the molecule is O=C(O)C(F)(F)F.O=C(O)C(F)(F)F.c1cc(COCC2CCOC23CN(Cc2ccc4c(c2)OCO4)C3)ccn1. The lowest BCUT2D eigenvalue weighted by molar-refractivity contribution is -0.193. The van der Waals surface area contributed by atoms with Crippen molar-refractivity contribution in [3.63, 3.8) is 0 Å². The number of pyridine rings is 1. The van der Waals surface area contributed by atoms with Crippen molar-refractivity contribution in [1.82, 2.24) is 9.88 Å². The van der Waals surface area contributed by atoms with E-state index in [0.29, 0.717) is 19.3 Å². The standard InChI is InChI=1S/C21H24N2O4.2C2HF3O2/c1-2-19-20(26-15-25-19)9-17(1)10-23-13-21(14-23)18(5-8-27-21)12-24-11-16-3-6-22-7-4-16;2*3-2(4,5)1(6)7/h1-4,6-7,9,18H,5,8,10-15H2;2*(H,6,7). The maximum atomic E-state index is 10.6. The smallest absolute Gasteiger partial charge is 0.475 e. The minimum atomic E-state index is -5.08. The summed E-state index contributed by atoms with van der Waals surface area (Å²) in [7, 11) is 0. The zero-order valence-electron chi connectivity index (χ0n) is 21.3. The highest BCUT2D eigenvalue weighted by molar-refractivity contribution is 5.73. The van der Waals surface area contributed by atoms with Gasteiger partial charge in [0.1, 0.15) is 0 Å². The van der Waals surface area contributed by atoms with E-state index in [2.05, 4.69) is 22.0 Å². The first-order valence-corrected chi connectivity index (χ1v) is 12.0. The highest BCUT2D eigenvalue weighted by Gasteiger charge is 2.52. The number of benzene rings is 1. The summed E-state index contributed by atoms with van der Waals surface area (Å²) in [4.78, 5) is 24.3. The van der Waals surface area contributed by atoms with Crippen LogP contribution < -0.4 is 9.47 Å². The summed E-state index contributed by atoms with van der Waals surface area (Å²) in [6, 6.07) is 10.2. The summed E-state index contributed by atoms with van der Waals surface area (Å²) in [5.74, 6) is -3.36. The molecule has 2 N–H and O–H groups in total. The van der Waals surface area contributed by atoms with E-state index in [1.165, 1.54) is 5.56 Å². The van der Waals surface area contributed by atoms with Crippen LogP contribution in [0.3, 0.4) is 0 Å². The van der Waals surface area contributed by atoms with E-state index in [4.69, 9.17) is 38.7 Å². The number of nitrogens with zero attached hydrogens (tertiary/aromatic N) is 2. The molecular formula is C25H26F6N2O8. The Labute approximate surface area is 229 Å². The van der Waals surface area contributed by atoms with Crippen LogP contribution in [-0.2, 0) is 32.2 Å². The highest BCUT2D eigenvalue weighted by Crippen LogP contribution is 2.41. The summed E-state index contributed by atoms with van der Waals surface area (Å²) in [6.07, 6.45) is -5.48. The van der Waals surface area contributed by atoms with Gasteiger partial charge in [-0.05, 0) is 41.8 Å². The van der Waals surface area contributed by atoms with Gasteiger partial charge in [0, 0.05) is 44.6 Å². The Morgan fingerprint density at radius 1 is 0.951 bits per heavy atom. The summed E-state index contributed by atoms with van der Waals surface area (Å²) in [6.45, 7) is 5.37. The lowest BCUT2D eigenvalue weighted by Gasteiger charge is -2.50. The molecule has 0 amide bonds. The van der Waals surface area contributed by atoms with E-state index >= 15 is 0 Å². The molecule has 2 saturated heterocycles. The van der Waals surface area contributed by atoms with Crippen molar-refractivity contribution in [2.45, 2.75) is 37.5 Å². The van der Waals surface area contributed by atoms with Gasteiger partial charge in [0.25, 0.3) is 0 Å². The lowest BCUT2D eigenvalue weighted by Crippen LogP contribution is -2.64. The first kappa shape index (κ1) is 31.9. The summed E-state index contributed by atoms with van der Waals surface area (Å²) < 4.78 is 86.5. The highest BCUT2D eigenvalue weighted by atomic mass is 19.4. The average Bonchev–Trinajstić information content (AvgIpc) is 3.51. The molecule has 1 aromatic heterocycles. The van der Waals surface area contributed by atoms with Gasteiger partial charge in [-0.2, -0.15) is 26.3 Å². The predicted octanol–water partition coefficient (Wildman–Crippen LogP) is 3.88. The molecule has 41 heavy (non-hydrogen) atoms. The van der Waals surface area contributed by atoms with E-state index in [-0.39, 0.29) is 5.60 Å². The van der Waals surface area contributed by atoms with E-state index in [1.807, 2.05) is 18.2 Å². The molecule has 4 heterocycles. The van der Waals surface area contributed by atoms with E-state index in [0.717, 1.165) is 56.3 Å². The fourth-order valence-electron chi connectivity index (χ4n) is 4.29. The number of rotatable bonds is 6. The van der Waals surface area contributed by atoms with Crippen LogP contribution >= 0.6 is 0 Å². The number of likely N-dealkylation sites (tertiary alicyclic amines) is 1. The largest absolute Gasteiger partial charge is 0.490 e. The second-order valence-corrected chi connectivity index (χ2v) is 9.21. The molecule has 3 aliphatic rings. The Morgan fingerprint density at radius 3 is 2.12 bits per heavy atom. The number of alkyl halides is 6. The van der Waals surface area contributed by atoms with Crippen LogP contribution in [0.2, 0.25) is 0 Å². The third kappa shape index (κ3) is 9.19. The Bertz CT molecular complexity index is 1150. The number of fused-ring (bicyclic) bond motifs is 1. The van der Waals surface area contributed by atoms with Gasteiger partial charge in [-0.1, -0.05) is 6.07 Å². The number of halogens is 6. The van der Waals surface area contributed by atoms with Gasteiger partial charge in [-0.25, -0.2) is 9.59 Å². The lowest BCUT2D eigenvalue weighted by atomic mass is 9.81. The molecule has 3 aliphatic heterocycles. The number of ether oxygens (including phenoxy) is 4. The third-order valence-electron chi connectivity index (χ3n) is 6.25. The van der Waals surface area contributed by atoms with Crippen molar-refractivity contribution >= 4 is 11.9 Å². The fraction of sp³-hybridized carbons (Fsp3) is 0.480. The molecule has 10 nitrogen and oxygen atoms in total. The Hall–Kier alpha value is -3.63. The quantitative estimate of drug-likeness (QED) is 0.475. The van der Waals surface area contributed by atoms with Crippen molar-refractivity contribution in [3.8, 4) is 11.5 Å². The Morgan fingerprint density at radius 2 is 1.54 bits per heavy atom. The molecule has 226 valence electrons. The van der Waals surface area contributed by atoms with Gasteiger partial charge in [0.05, 0.1) is 18.8 Å². The monoisotopic (exact) mass is 596 g/mol. The predicted molar refractivity (Wildman–Crippen MR) is 126 cm³/mol. The molecule has 2 fully saturated rings. The number of hydrogen-bond donors (Lipinski definition) is 2. The zero-order valence-corrected chi connectivity index (χ0v) is 21.3. The number of carbonyl (C=O) groups is 2. The van der Waals surface area contributed by atoms with Gasteiger partial charge in [-0.3, -0.25) is 9.88 Å². The molecule has 2 aromatic rings. The second kappa shape index (κ2) is 13.4. The van der Waals surface area contributed by atoms with Crippen molar-refractivity contribution < 1.29 is 65.1 Å². The van der Waals surface area contributed by atoms with Crippen LogP contribution in [0.4, 0.5) is 26.3 Å². The number of aromatic nitrogens is 1. The molecular weight excluding hydrogens is 570 g/mol. The van der Waals surface area contributed by atoms with Crippen molar-refractivity contribution in [1.29, 1.82) is 0 Å². The summed E-state index contributed by atoms with van der Waals surface area (Å²) in [5, 5.41) is 14.2.